The van der Waals surface area contributed by atoms with E-state index in [1.54, 1.807) is 18.2 Å². The highest BCUT2D eigenvalue weighted by Gasteiger charge is 2.28. The molecule has 1 aromatic rings. The number of aliphatic hydroxyl groups is 1. The number of benzene rings is 1. The van der Waals surface area contributed by atoms with Crippen LogP contribution in [0.4, 0.5) is 13.2 Å². The summed E-state index contributed by atoms with van der Waals surface area (Å²) in [6, 6.07) is 4.48. The van der Waals surface area contributed by atoms with Gasteiger partial charge in [-0.2, -0.15) is 13.2 Å². The van der Waals surface area contributed by atoms with Crippen molar-refractivity contribution >= 4 is 15.9 Å². The van der Waals surface area contributed by atoms with Gasteiger partial charge in [0.2, 0.25) is 0 Å². The fourth-order valence-electron chi connectivity index (χ4n) is 1.35. The highest BCUT2D eigenvalue weighted by molar-refractivity contribution is 9.10. The summed E-state index contributed by atoms with van der Waals surface area (Å²) in [7, 11) is 0. The minimum absolute atomic E-state index is 0.383. The molecule has 0 saturated carbocycles. The molecular weight excluding hydrogens is 299 g/mol. The normalized spacial score (nSPS) is 13.8. The molecule has 0 radical (unpaired) electrons. The zero-order chi connectivity index (χ0) is 13.1. The van der Waals surface area contributed by atoms with Crippen LogP contribution < -0.4 is 5.32 Å². The lowest BCUT2D eigenvalue weighted by Gasteiger charge is -2.18. The van der Waals surface area contributed by atoms with Crippen LogP contribution >= 0.6 is 15.9 Å². The number of aliphatic hydroxyl groups excluding tert-OH is 1. The average molecular weight is 312 g/mol. The molecule has 1 unspecified atom stereocenters. The van der Waals surface area contributed by atoms with Gasteiger partial charge in [0.05, 0.1) is 19.2 Å². The highest BCUT2D eigenvalue weighted by atomic mass is 79.9. The lowest BCUT2D eigenvalue weighted by molar-refractivity contribution is -0.126. The Balaban J connectivity index is 2.76. The number of hydrogen-bond donors (Lipinski definition) is 2. The molecule has 0 aliphatic rings. The number of alkyl halides is 3. The Morgan fingerprint density at radius 1 is 1.41 bits per heavy atom. The quantitative estimate of drug-likeness (QED) is 0.896. The van der Waals surface area contributed by atoms with Gasteiger partial charge in [0.1, 0.15) is 0 Å². The summed E-state index contributed by atoms with van der Waals surface area (Å²) in [5.74, 6) is 0. The molecule has 1 atom stereocenters. The first kappa shape index (κ1) is 14.5. The van der Waals surface area contributed by atoms with E-state index < -0.39 is 18.8 Å². The van der Waals surface area contributed by atoms with Crippen LogP contribution in [0.25, 0.3) is 0 Å². The first-order valence-electron chi connectivity index (χ1n) is 5.00. The maximum Gasteiger partial charge on any atom is 0.401 e. The van der Waals surface area contributed by atoms with Crippen molar-refractivity contribution in [3.63, 3.8) is 0 Å². The van der Waals surface area contributed by atoms with Crippen LogP contribution in [0.15, 0.2) is 22.7 Å². The zero-order valence-electron chi connectivity index (χ0n) is 9.18. The van der Waals surface area contributed by atoms with Crippen LogP contribution in [0.2, 0.25) is 0 Å². The second-order valence-electron chi connectivity index (χ2n) is 3.74. The third-order valence-corrected chi connectivity index (χ3v) is 3.18. The maximum atomic E-state index is 12.1. The molecule has 0 bridgehead atoms. The third kappa shape index (κ3) is 4.65. The molecule has 0 aliphatic carbocycles. The molecule has 1 rings (SSSR count). The number of rotatable bonds is 4. The van der Waals surface area contributed by atoms with Crippen LogP contribution in [0.3, 0.4) is 0 Å². The van der Waals surface area contributed by atoms with Crippen molar-refractivity contribution in [3.05, 3.63) is 33.8 Å². The molecule has 0 amide bonds. The summed E-state index contributed by atoms with van der Waals surface area (Å²) in [6.45, 7) is 0.375. The van der Waals surface area contributed by atoms with Crippen LogP contribution in [0.1, 0.15) is 17.2 Å². The van der Waals surface area contributed by atoms with Crippen LogP contribution in [-0.4, -0.2) is 24.4 Å². The standard InChI is InChI=1S/C11H13BrF3NO/c1-7-2-3-8(4-9(7)12)10(5-17)16-6-11(13,14)15/h2-4,10,16-17H,5-6H2,1H3. The average Bonchev–Trinajstić information content (AvgIpc) is 2.22. The summed E-state index contributed by atoms with van der Waals surface area (Å²) in [4.78, 5) is 0. The Labute approximate surface area is 106 Å². The molecule has 1 aromatic carbocycles. The minimum Gasteiger partial charge on any atom is -0.394 e. The molecule has 0 heterocycles. The number of aryl methyl sites for hydroxylation is 1. The van der Waals surface area contributed by atoms with Gasteiger partial charge in [-0.1, -0.05) is 28.1 Å². The van der Waals surface area contributed by atoms with Crippen molar-refractivity contribution in [2.24, 2.45) is 0 Å². The summed E-state index contributed by atoms with van der Waals surface area (Å²) >= 11 is 3.30. The molecular formula is C11H13BrF3NO. The Kier molecular flexibility index (Phi) is 4.97. The largest absolute Gasteiger partial charge is 0.401 e. The fraction of sp³-hybridized carbons (Fsp3) is 0.455. The molecule has 0 aromatic heterocycles. The van der Waals surface area contributed by atoms with E-state index in [0.717, 1.165) is 10.0 Å². The fourth-order valence-corrected chi connectivity index (χ4v) is 1.75. The summed E-state index contributed by atoms with van der Waals surface area (Å²) in [5, 5.41) is 11.4. The number of hydrogen-bond acceptors (Lipinski definition) is 2. The lowest BCUT2D eigenvalue weighted by atomic mass is 10.1. The van der Waals surface area contributed by atoms with Crippen molar-refractivity contribution in [2.45, 2.75) is 19.1 Å². The zero-order valence-corrected chi connectivity index (χ0v) is 10.8. The van der Waals surface area contributed by atoms with Gasteiger partial charge in [-0.15, -0.1) is 0 Å². The Morgan fingerprint density at radius 3 is 2.53 bits per heavy atom. The minimum atomic E-state index is -4.28. The van der Waals surface area contributed by atoms with Gasteiger partial charge < -0.3 is 5.11 Å². The maximum absolute atomic E-state index is 12.1. The molecule has 0 fully saturated rings. The predicted molar refractivity (Wildman–Crippen MR) is 62.8 cm³/mol. The molecule has 6 heteroatoms. The van der Waals surface area contributed by atoms with E-state index in [4.69, 9.17) is 5.11 Å². The highest BCUT2D eigenvalue weighted by Crippen LogP contribution is 2.22. The number of halogens is 4. The summed E-state index contributed by atoms with van der Waals surface area (Å²) in [5.41, 5.74) is 1.61. The van der Waals surface area contributed by atoms with Crippen molar-refractivity contribution in [1.29, 1.82) is 0 Å². The van der Waals surface area contributed by atoms with Crippen molar-refractivity contribution < 1.29 is 18.3 Å². The molecule has 2 nitrogen and oxygen atoms in total. The van der Waals surface area contributed by atoms with Gasteiger partial charge in [-0.05, 0) is 24.1 Å². The van der Waals surface area contributed by atoms with Gasteiger partial charge in [-0.3, -0.25) is 5.32 Å². The van der Waals surface area contributed by atoms with Gasteiger partial charge in [0.25, 0.3) is 0 Å². The Hall–Kier alpha value is -0.590. The topological polar surface area (TPSA) is 32.3 Å². The smallest absolute Gasteiger partial charge is 0.394 e. The lowest BCUT2D eigenvalue weighted by Crippen LogP contribution is -2.33. The molecule has 0 saturated heterocycles. The molecule has 0 aliphatic heterocycles. The monoisotopic (exact) mass is 311 g/mol. The van der Waals surface area contributed by atoms with Gasteiger partial charge in [-0.25, -0.2) is 0 Å². The predicted octanol–water partition coefficient (Wildman–Crippen LogP) is 2.94. The first-order chi connectivity index (χ1) is 7.83. The SMILES string of the molecule is Cc1ccc(C(CO)NCC(F)(F)F)cc1Br. The van der Waals surface area contributed by atoms with Crippen molar-refractivity contribution in [2.75, 3.05) is 13.2 Å². The van der Waals surface area contributed by atoms with Gasteiger partial charge in [0, 0.05) is 4.47 Å². The van der Waals surface area contributed by atoms with E-state index >= 15 is 0 Å². The van der Waals surface area contributed by atoms with Crippen LogP contribution in [0, 0.1) is 6.92 Å². The van der Waals surface area contributed by atoms with E-state index in [9.17, 15) is 13.2 Å². The van der Waals surface area contributed by atoms with Gasteiger partial charge >= 0.3 is 6.18 Å². The summed E-state index contributed by atoms with van der Waals surface area (Å²) in [6.07, 6.45) is -4.28. The second kappa shape index (κ2) is 5.84. The third-order valence-electron chi connectivity index (χ3n) is 2.33. The van der Waals surface area contributed by atoms with E-state index in [0.29, 0.717) is 5.56 Å². The Bertz CT molecular complexity index is 381. The van der Waals surface area contributed by atoms with E-state index in [-0.39, 0.29) is 6.61 Å². The van der Waals surface area contributed by atoms with Crippen molar-refractivity contribution in [1.82, 2.24) is 5.32 Å². The van der Waals surface area contributed by atoms with Crippen molar-refractivity contribution in [3.8, 4) is 0 Å². The van der Waals surface area contributed by atoms with E-state index in [2.05, 4.69) is 21.2 Å². The second-order valence-corrected chi connectivity index (χ2v) is 4.59. The van der Waals surface area contributed by atoms with Crippen LogP contribution in [0.5, 0.6) is 0 Å². The number of nitrogens with one attached hydrogen (secondary N) is 1. The molecule has 2 N–H and O–H groups in total. The molecule has 17 heavy (non-hydrogen) atoms. The van der Waals surface area contributed by atoms with Crippen LogP contribution in [-0.2, 0) is 0 Å². The summed E-state index contributed by atoms with van der Waals surface area (Å²) < 4.78 is 37.0. The van der Waals surface area contributed by atoms with E-state index in [1.807, 2.05) is 6.92 Å². The van der Waals surface area contributed by atoms with E-state index in [1.165, 1.54) is 0 Å². The molecule has 96 valence electrons. The first-order valence-corrected chi connectivity index (χ1v) is 5.80. The Morgan fingerprint density at radius 2 is 2.06 bits per heavy atom. The van der Waals surface area contributed by atoms with Gasteiger partial charge in [0.15, 0.2) is 0 Å². The molecule has 0 spiro atoms.